The Morgan fingerprint density at radius 3 is 2.72 bits per heavy atom. The number of amides is 1. The second-order valence-corrected chi connectivity index (χ2v) is 4.72. The van der Waals surface area contributed by atoms with Gasteiger partial charge in [0.15, 0.2) is 11.5 Å². The van der Waals surface area contributed by atoms with Crippen LogP contribution in [-0.2, 0) is 4.79 Å². The van der Waals surface area contributed by atoms with E-state index in [4.69, 9.17) is 9.47 Å². The van der Waals surface area contributed by atoms with Crippen molar-refractivity contribution in [2.45, 2.75) is 31.9 Å². The summed E-state index contributed by atoms with van der Waals surface area (Å²) in [5, 5.41) is 0. The van der Waals surface area contributed by atoms with Crippen LogP contribution in [0.4, 0.5) is 0 Å². The molecule has 0 saturated heterocycles. The van der Waals surface area contributed by atoms with Gasteiger partial charge in [-0.15, -0.1) is 0 Å². The number of fused-ring (bicyclic) bond motifs is 1. The molecule has 1 amide bonds. The van der Waals surface area contributed by atoms with E-state index in [1.165, 1.54) is 0 Å². The Morgan fingerprint density at radius 1 is 1.33 bits per heavy atom. The van der Waals surface area contributed by atoms with Gasteiger partial charge in [-0.3, -0.25) is 4.79 Å². The summed E-state index contributed by atoms with van der Waals surface area (Å²) in [6, 6.07) is 7.89. The first-order valence-corrected chi connectivity index (χ1v) is 6.48. The van der Waals surface area contributed by atoms with Gasteiger partial charge in [0.25, 0.3) is 5.91 Å². The third kappa shape index (κ3) is 2.03. The molecule has 4 nitrogen and oxygen atoms in total. The number of hydrogen-bond acceptors (Lipinski definition) is 3. The summed E-state index contributed by atoms with van der Waals surface area (Å²) < 4.78 is 11.3. The Bertz CT molecular complexity index is 456. The van der Waals surface area contributed by atoms with E-state index in [1.807, 2.05) is 36.1 Å². The molecule has 1 heterocycles. The van der Waals surface area contributed by atoms with Crippen molar-refractivity contribution in [3.63, 3.8) is 0 Å². The minimum Gasteiger partial charge on any atom is -0.485 e. The van der Waals surface area contributed by atoms with E-state index in [-0.39, 0.29) is 5.91 Å². The van der Waals surface area contributed by atoms with Crippen molar-refractivity contribution < 1.29 is 14.3 Å². The second kappa shape index (κ2) is 4.52. The largest absolute Gasteiger partial charge is 0.485 e. The molecule has 18 heavy (non-hydrogen) atoms. The molecule has 0 spiro atoms. The van der Waals surface area contributed by atoms with Crippen LogP contribution in [0, 0.1) is 0 Å². The number of nitrogens with zero attached hydrogens (tertiary/aromatic N) is 1. The lowest BCUT2D eigenvalue weighted by molar-refractivity contribution is -0.141. The Morgan fingerprint density at radius 2 is 2.06 bits per heavy atom. The zero-order valence-corrected chi connectivity index (χ0v) is 10.5. The van der Waals surface area contributed by atoms with Gasteiger partial charge in [-0.25, -0.2) is 0 Å². The summed E-state index contributed by atoms with van der Waals surface area (Å²) in [6.07, 6.45) is 1.73. The molecule has 1 saturated carbocycles. The number of hydrogen-bond donors (Lipinski definition) is 0. The lowest BCUT2D eigenvalue weighted by atomic mass is 10.2. The highest BCUT2D eigenvalue weighted by atomic mass is 16.6. The summed E-state index contributed by atoms with van der Waals surface area (Å²) >= 11 is 0. The molecular formula is C14H17NO3. The van der Waals surface area contributed by atoms with Crippen LogP contribution in [-0.4, -0.2) is 36.1 Å². The lowest BCUT2D eigenvalue weighted by Gasteiger charge is -2.30. The highest BCUT2D eigenvalue weighted by molar-refractivity contribution is 5.82. The van der Waals surface area contributed by atoms with Gasteiger partial charge in [0, 0.05) is 12.6 Å². The Balaban J connectivity index is 1.73. The number of carbonyl (C=O) groups excluding carboxylic acids is 1. The monoisotopic (exact) mass is 247 g/mol. The zero-order valence-electron chi connectivity index (χ0n) is 10.5. The molecule has 2 aliphatic rings. The molecule has 0 N–H and O–H groups in total. The average Bonchev–Trinajstić information content (AvgIpc) is 3.23. The fraction of sp³-hybridized carbons (Fsp3) is 0.500. The van der Waals surface area contributed by atoms with E-state index in [0.29, 0.717) is 18.4 Å². The van der Waals surface area contributed by atoms with Gasteiger partial charge in [-0.2, -0.15) is 0 Å². The van der Waals surface area contributed by atoms with E-state index < -0.39 is 6.10 Å². The summed E-state index contributed by atoms with van der Waals surface area (Å²) in [5.74, 6) is 1.43. The third-order valence-corrected chi connectivity index (χ3v) is 3.40. The van der Waals surface area contributed by atoms with Crippen LogP contribution < -0.4 is 9.47 Å². The first kappa shape index (κ1) is 11.4. The predicted octanol–water partition coefficient (Wildman–Crippen LogP) is 1.84. The van der Waals surface area contributed by atoms with Gasteiger partial charge in [-0.05, 0) is 31.9 Å². The number of rotatable bonds is 3. The van der Waals surface area contributed by atoms with Gasteiger partial charge in [0.05, 0.1) is 0 Å². The van der Waals surface area contributed by atoms with E-state index in [0.717, 1.165) is 25.1 Å². The van der Waals surface area contributed by atoms with Gasteiger partial charge in [0.1, 0.15) is 6.61 Å². The lowest BCUT2D eigenvalue weighted by Crippen LogP contribution is -2.47. The normalized spacial score (nSPS) is 21.5. The molecule has 1 aliphatic heterocycles. The number of para-hydroxylation sites is 2. The maximum absolute atomic E-state index is 12.3. The average molecular weight is 247 g/mol. The van der Waals surface area contributed by atoms with Crippen LogP contribution in [0.3, 0.4) is 0 Å². The van der Waals surface area contributed by atoms with Gasteiger partial charge in [0.2, 0.25) is 6.10 Å². The van der Waals surface area contributed by atoms with E-state index >= 15 is 0 Å². The Kier molecular flexibility index (Phi) is 2.86. The maximum atomic E-state index is 12.3. The molecule has 3 rings (SSSR count). The minimum absolute atomic E-state index is 0.0505. The van der Waals surface area contributed by atoms with Crippen LogP contribution in [0.15, 0.2) is 24.3 Å². The molecule has 96 valence electrons. The summed E-state index contributed by atoms with van der Waals surface area (Å²) in [7, 11) is 0. The molecule has 1 aromatic rings. The Labute approximate surface area is 106 Å². The summed E-state index contributed by atoms with van der Waals surface area (Å²) in [6.45, 7) is 3.05. The molecule has 1 unspecified atom stereocenters. The predicted molar refractivity (Wildman–Crippen MR) is 66.8 cm³/mol. The number of carbonyl (C=O) groups is 1. The Hall–Kier alpha value is -1.71. The molecular weight excluding hydrogens is 230 g/mol. The first-order valence-electron chi connectivity index (χ1n) is 6.48. The molecule has 4 heteroatoms. The van der Waals surface area contributed by atoms with Gasteiger partial charge < -0.3 is 14.4 Å². The van der Waals surface area contributed by atoms with Crippen molar-refractivity contribution >= 4 is 5.91 Å². The molecule has 1 fully saturated rings. The van der Waals surface area contributed by atoms with E-state index in [2.05, 4.69) is 0 Å². The van der Waals surface area contributed by atoms with Gasteiger partial charge >= 0.3 is 0 Å². The van der Waals surface area contributed by atoms with Crippen molar-refractivity contribution in [2.24, 2.45) is 0 Å². The van der Waals surface area contributed by atoms with Crippen LogP contribution in [0.5, 0.6) is 11.5 Å². The third-order valence-electron chi connectivity index (χ3n) is 3.40. The fourth-order valence-corrected chi connectivity index (χ4v) is 2.31. The molecule has 1 atom stereocenters. The van der Waals surface area contributed by atoms with Crippen LogP contribution in [0.1, 0.15) is 19.8 Å². The second-order valence-electron chi connectivity index (χ2n) is 4.72. The topological polar surface area (TPSA) is 38.8 Å². The van der Waals surface area contributed by atoms with Crippen LogP contribution >= 0.6 is 0 Å². The fourth-order valence-electron chi connectivity index (χ4n) is 2.31. The van der Waals surface area contributed by atoms with Crippen molar-refractivity contribution in [1.82, 2.24) is 4.90 Å². The van der Waals surface area contributed by atoms with Crippen LogP contribution in [0.25, 0.3) is 0 Å². The highest BCUT2D eigenvalue weighted by Gasteiger charge is 2.37. The van der Waals surface area contributed by atoms with E-state index in [1.54, 1.807) is 0 Å². The maximum Gasteiger partial charge on any atom is 0.267 e. The smallest absolute Gasteiger partial charge is 0.267 e. The SMILES string of the molecule is CCN(C(=O)C1COc2ccccc2O1)C1CC1. The number of ether oxygens (including phenoxy) is 2. The quantitative estimate of drug-likeness (QED) is 0.818. The van der Waals surface area contributed by atoms with Crippen LogP contribution in [0.2, 0.25) is 0 Å². The molecule has 1 aliphatic carbocycles. The van der Waals surface area contributed by atoms with E-state index in [9.17, 15) is 4.79 Å². The summed E-state index contributed by atoms with van der Waals surface area (Å²) in [4.78, 5) is 14.2. The van der Waals surface area contributed by atoms with Gasteiger partial charge in [-0.1, -0.05) is 12.1 Å². The first-order chi connectivity index (χ1) is 8.79. The number of benzene rings is 1. The van der Waals surface area contributed by atoms with Crippen molar-refractivity contribution in [3.8, 4) is 11.5 Å². The van der Waals surface area contributed by atoms with Crippen molar-refractivity contribution in [2.75, 3.05) is 13.2 Å². The highest BCUT2D eigenvalue weighted by Crippen LogP contribution is 2.33. The molecule has 0 aromatic heterocycles. The number of likely N-dealkylation sites (N-methyl/N-ethyl adjacent to an activating group) is 1. The standard InChI is InChI=1S/C14H17NO3/c1-2-15(10-7-8-10)14(16)13-9-17-11-5-3-4-6-12(11)18-13/h3-6,10,13H,2,7-9H2,1H3. The molecule has 1 aromatic carbocycles. The minimum atomic E-state index is -0.500. The molecule has 0 bridgehead atoms. The van der Waals surface area contributed by atoms with Crippen molar-refractivity contribution in [3.05, 3.63) is 24.3 Å². The zero-order chi connectivity index (χ0) is 12.5. The molecule has 0 radical (unpaired) electrons. The van der Waals surface area contributed by atoms with Crippen molar-refractivity contribution in [1.29, 1.82) is 0 Å². The summed E-state index contributed by atoms with van der Waals surface area (Å²) in [5.41, 5.74) is 0.